The average molecular weight is 137 g/mol. The van der Waals surface area contributed by atoms with Gasteiger partial charge in [-0.05, 0) is 21.1 Å². The molecule has 0 aromatic carbocycles. The third-order valence-corrected chi connectivity index (χ3v) is 1.14. The zero-order valence-corrected chi connectivity index (χ0v) is 5.91. The summed E-state index contributed by atoms with van der Waals surface area (Å²) in [7, 11) is 7.64. The second-order valence-corrected chi connectivity index (χ2v) is 1.81. The molecule has 0 saturated heterocycles. The summed E-state index contributed by atoms with van der Waals surface area (Å²) in [6.07, 6.45) is 0. The van der Waals surface area contributed by atoms with Crippen LogP contribution in [0.2, 0.25) is 0 Å². The molecule has 0 aliphatic carbocycles. The van der Waals surface area contributed by atoms with E-state index in [9.17, 15) is 0 Å². The fraction of sp³-hybridized carbons (Fsp3) is 0. The number of hydrogen-bond donors (Lipinski definition) is 1. The van der Waals surface area contributed by atoms with Gasteiger partial charge in [0.2, 0.25) is 0 Å². The fourth-order valence-electron chi connectivity index (χ4n) is 0.484. The van der Waals surface area contributed by atoms with E-state index in [1.54, 1.807) is 6.07 Å². The minimum Gasteiger partial charge on any atom is -0.355 e. The van der Waals surface area contributed by atoms with E-state index < -0.39 is 0 Å². The standard InChI is InChI=1S/C5H6BN2P/c6-4-2-1-3-5(7-4)8-9/h1-3H,9H2,(H,7,8)/i1D. The van der Waals surface area contributed by atoms with Gasteiger partial charge in [-0.2, -0.15) is 0 Å². The zero-order valence-electron chi connectivity index (χ0n) is 5.76. The maximum absolute atomic E-state index is 7.21. The number of anilines is 1. The Kier molecular flexibility index (Phi) is 1.65. The molecule has 0 bridgehead atoms. The minimum absolute atomic E-state index is 0.359. The molecule has 0 amide bonds. The molecule has 9 heavy (non-hydrogen) atoms. The van der Waals surface area contributed by atoms with E-state index in [-0.39, 0.29) is 0 Å². The van der Waals surface area contributed by atoms with E-state index in [1.165, 1.54) is 6.07 Å². The van der Waals surface area contributed by atoms with Gasteiger partial charge in [0.15, 0.2) is 0 Å². The smallest absolute Gasteiger partial charge is 0.141 e. The predicted molar refractivity (Wildman–Crippen MR) is 43.0 cm³/mol. The third-order valence-electron chi connectivity index (χ3n) is 0.849. The first-order valence-electron chi connectivity index (χ1n) is 2.93. The summed E-state index contributed by atoms with van der Waals surface area (Å²) < 4.78 is 7.21. The molecule has 0 spiro atoms. The van der Waals surface area contributed by atoms with Crippen molar-refractivity contribution in [2.45, 2.75) is 0 Å². The van der Waals surface area contributed by atoms with Crippen molar-refractivity contribution in [1.29, 1.82) is 0 Å². The van der Waals surface area contributed by atoms with Gasteiger partial charge in [-0.1, -0.05) is 12.1 Å². The van der Waals surface area contributed by atoms with Crippen LogP contribution >= 0.6 is 9.39 Å². The Bertz CT molecular complexity index is 223. The molecular weight excluding hydrogens is 130 g/mol. The highest BCUT2D eigenvalue weighted by Crippen LogP contribution is 1.99. The predicted octanol–water partition coefficient (Wildman–Crippen LogP) is 0.0774. The maximum Gasteiger partial charge on any atom is 0.141 e. The van der Waals surface area contributed by atoms with Gasteiger partial charge in [0.1, 0.15) is 13.7 Å². The summed E-state index contributed by atoms with van der Waals surface area (Å²) in [5.74, 6) is 0.593. The normalized spacial score (nSPS) is 10.6. The van der Waals surface area contributed by atoms with Gasteiger partial charge in [-0.25, -0.2) is 4.98 Å². The van der Waals surface area contributed by atoms with Crippen molar-refractivity contribution in [3.63, 3.8) is 0 Å². The molecule has 1 unspecified atom stereocenters. The second-order valence-electron chi connectivity index (χ2n) is 1.52. The van der Waals surface area contributed by atoms with Crippen LogP contribution in [0.4, 0.5) is 5.82 Å². The molecule has 1 aromatic rings. The van der Waals surface area contributed by atoms with Crippen LogP contribution in [-0.4, -0.2) is 12.8 Å². The van der Waals surface area contributed by atoms with E-state index >= 15 is 0 Å². The molecule has 1 heterocycles. The fourth-order valence-corrected chi connectivity index (χ4v) is 0.631. The molecule has 0 aliphatic heterocycles. The van der Waals surface area contributed by atoms with Crippen molar-refractivity contribution < 1.29 is 1.37 Å². The number of aromatic nitrogens is 1. The number of hydrogen-bond acceptors (Lipinski definition) is 2. The first-order valence-corrected chi connectivity index (χ1v) is 3.01. The van der Waals surface area contributed by atoms with Crippen molar-refractivity contribution in [2.75, 3.05) is 5.09 Å². The van der Waals surface area contributed by atoms with Gasteiger partial charge in [0.05, 0.1) is 1.37 Å². The van der Waals surface area contributed by atoms with E-state index in [2.05, 4.69) is 19.5 Å². The quantitative estimate of drug-likeness (QED) is 0.437. The first kappa shape index (κ1) is 5.25. The van der Waals surface area contributed by atoms with Crippen LogP contribution in [0.25, 0.3) is 0 Å². The lowest BCUT2D eigenvalue weighted by molar-refractivity contribution is 1.39. The molecule has 0 saturated carbocycles. The number of nitrogens with one attached hydrogen (secondary N) is 1. The van der Waals surface area contributed by atoms with Crippen molar-refractivity contribution in [3.05, 3.63) is 18.2 Å². The van der Waals surface area contributed by atoms with Crippen LogP contribution in [0.5, 0.6) is 0 Å². The lowest BCUT2D eigenvalue weighted by Crippen LogP contribution is -2.07. The van der Waals surface area contributed by atoms with Crippen LogP contribution in [-0.2, 0) is 0 Å². The van der Waals surface area contributed by atoms with Crippen molar-refractivity contribution in [1.82, 2.24) is 4.98 Å². The summed E-state index contributed by atoms with van der Waals surface area (Å²) >= 11 is 0. The van der Waals surface area contributed by atoms with Crippen LogP contribution in [0.15, 0.2) is 18.2 Å². The van der Waals surface area contributed by atoms with E-state index in [0.717, 1.165) is 0 Å². The average Bonchev–Trinajstić information content (AvgIpc) is 1.85. The van der Waals surface area contributed by atoms with Crippen LogP contribution in [0.3, 0.4) is 0 Å². The third kappa shape index (κ3) is 1.69. The number of pyridine rings is 1. The lowest BCUT2D eigenvalue weighted by Gasteiger charge is -1.97. The highest BCUT2D eigenvalue weighted by molar-refractivity contribution is 7.18. The topological polar surface area (TPSA) is 24.9 Å². The monoisotopic (exact) mass is 137 g/mol. The molecular formula is C5H6BN2P. The second kappa shape index (κ2) is 2.83. The number of nitrogens with zero attached hydrogens (tertiary/aromatic N) is 1. The summed E-state index contributed by atoms with van der Waals surface area (Å²) in [5.41, 5.74) is 0.359. The highest BCUT2D eigenvalue weighted by Gasteiger charge is 1.86. The Labute approximate surface area is 59.1 Å². The molecule has 2 nitrogen and oxygen atoms in total. The Hall–Kier alpha value is -0.555. The van der Waals surface area contributed by atoms with E-state index in [1.807, 2.05) is 0 Å². The minimum atomic E-state index is 0.359. The van der Waals surface area contributed by atoms with Gasteiger partial charge >= 0.3 is 0 Å². The Morgan fingerprint density at radius 2 is 2.56 bits per heavy atom. The highest BCUT2D eigenvalue weighted by atomic mass is 31.0. The molecule has 1 atom stereocenters. The van der Waals surface area contributed by atoms with Crippen molar-refractivity contribution >= 4 is 28.6 Å². The molecule has 4 heteroatoms. The van der Waals surface area contributed by atoms with Gasteiger partial charge < -0.3 is 5.09 Å². The van der Waals surface area contributed by atoms with Gasteiger partial charge in [0.25, 0.3) is 0 Å². The van der Waals surface area contributed by atoms with Crippen LogP contribution < -0.4 is 10.7 Å². The lowest BCUT2D eigenvalue weighted by atomic mass is 10.0. The van der Waals surface area contributed by atoms with Crippen molar-refractivity contribution in [2.24, 2.45) is 0 Å². The summed E-state index contributed by atoms with van der Waals surface area (Å²) in [6, 6.07) is 3.44. The Morgan fingerprint density at radius 1 is 1.78 bits per heavy atom. The van der Waals surface area contributed by atoms with Crippen molar-refractivity contribution in [3.8, 4) is 0 Å². The zero-order chi connectivity index (χ0) is 7.56. The molecule has 0 fully saturated rings. The maximum atomic E-state index is 7.21. The summed E-state index contributed by atoms with van der Waals surface area (Å²) in [4.78, 5) is 3.88. The molecule has 1 N–H and O–H groups in total. The Morgan fingerprint density at radius 3 is 3.11 bits per heavy atom. The largest absolute Gasteiger partial charge is 0.355 e. The van der Waals surface area contributed by atoms with Gasteiger partial charge in [-0.3, -0.25) is 0 Å². The Balaban J connectivity index is 3.06. The molecule has 0 aliphatic rings. The molecule has 44 valence electrons. The SMILES string of the molecule is [2H]c1cc([B])nc(NP)c1. The van der Waals surface area contributed by atoms with Gasteiger partial charge in [-0.15, -0.1) is 0 Å². The van der Waals surface area contributed by atoms with E-state index in [0.29, 0.717) is 17.5 Å². The van der Waals surface area contributed by atoms with Gasteiger partial charge in [0, 0.05) is 0 Å². The summed E-state index contributed by atoms with van der Waals surface area (Å²) in [5, 5.41) is 2.71. The molecule has 2 radical (unpaired) electrons. The summed E-state index contributed by atoms with van der Waals surface area (Å²) in [6.45, 7) is 0. The number of rotatable bonds is 1. The molecule has 1 rings (SSSR count). The molecule has 1 aromatic heterocycles. The van der Waals surface area contributed by atoms with Crippen LogP contribution in [0, 0.1) is 0 Å². The first-order chi connectivity index (χ1) is 4.72. The van der Waals surface area contributed by atoms with E-state index in [4.69, 9.17) is 9.22 Å². The van der Waals surface area contributed by atoms with Crippen LogP contribution in [0.1, 0.15) is 1.37 Å².